The Morgan fingerprint density at radius 1 is 1.00 bits per heavy atom. The molecule has 0 aromatic carbocycles. The van der Waals surface area contributed by atoms with Crippen molar-refractivity contribution >= 4 is 6.47 Å². The second-order valence-electron chi connectivity index (χ2n) is 4.31. The molecule has 0 saturated carbocycles. The van der Waals surface area contributed by atoms with E-state index in [4.69, 9.17) is 9.47 Å². The molecule has 0 saturated heterocycles. The standard InChI is InChI=1S/C14H26O4/c1-14(2)18-13-17-11-9-7-5-3-4-6-8-10-16-12-15/h12H,1,3-11,13H2,2H3. The van der Waals surface area contributed by atoms with Crippen LogP contribution in [0.3, 0.4) is 0 Å². The number of carbonyl (C=O) groups excluding carboxylic acids is 1. The van der Waals surface area contributed by atoms with Gasteiger partial charge in [0, 0.05) is 0 Å². The van der Waals surface area contributed by atoms with Gasteiger partial charge in [-0.2, -0.15) is 0 Å². The van der Waals surface area contributed by atoms with E-state index in [1.807, 2.05) is 6.92 Å². The molecule has 0 bridgehead atoms. The molecule has 0 aliphatic heterocycles. The summed E-state index contributed by atoms with van der Waals surface area (Å²) in [7, 11) is 0. The van der Waals surface area contributed by atoms with Gasteiger partial charge in [0.2, 0.25) is 0 Å². The van der Waals surface area contributed by atoms with E-state index >= 15 is 0 Å². The van der Waals surface area contributed by atoms with Crippen molar-refractivity contribution in [3.63, 3.8) is 0 Å². The predicted molar refractivity (Wildman–Crippen MR) is 71.1 cm³/mol. The lowest BCUT2D eigenvalue weighted by molar-refractivity contribution is -0.128. The summed E-state index contributed by atoms with van der Waals surface area (Å²) >= 11 is 0. The molecule has 0 radical (unpaired) electrons. The topological polar surface area (TPSA) is 44.8 Å². The van der Waals surface area contributed by atoms with Crippen LogP contribution in [0.1, 0.15) is 51.9 Å². The molecule has 4 heteroatoms. The van der Waals surface area contributed by atoms with Crippen LogP contribution >= 0.6 is 0 Å². The molecule has 0 N–H and O–H groups in total. The smallest absolute Gasteiger partial charge is 0.293 e. The molecular formula is C14H26O4. The maximum atomic E-state index is 9.88. The fourth-order valence-corrected chi connectivity index (χ4v) is 1.52. The average molecular weight is 258 g/mol. The quantitative estimate of drug-likeness (QED) is 0.207. The summed E-state index contributed by atoms with van der Waals surface area (Å²) in [5.41, 5.74) is 0. The van der Waals surface area contributed by atoms with Gasteiger partial charge in [-0.25, -0.2) is 0 Å². The summed E-state index contributed by atoms with van der Waals surface area (Å²) in [6, 6.07) is 0. The van der Waals surface area contributed by atoms with Crippen molar-refractivity contribution in [1.29, 1.82) is 0 Å². The number of hydrogen-bond donors (Lipinski definition) is 0. The number of carbonyl (C=O) groups is 1. The first-order valence-corrected chi connectivity index (χ1v) is 6.68. The van der Waals surface area contributed by atoms with Gasteiger partial charge >= 0.3 is 0 Å². The Morgan fingerprint density at radius 2 is 1.56 bits per heavy atom. The lowest BCUT2D eigenvalue weighted by Gasteiger charge is -2.06. The van der Waals surface area contributed by atoms with E-state index in [1.165, 1.54) is 25.7 Å². The molecule has 106 valence electrons. The van der Waals surface area contributed by atoms with Crippen LogP contribution in [-0.2, 0) is 19.0 Å². The van der Waals surface area contributed by atoms with Gasteiger partial charge in [-0.3, -0.25) is 4.79 Å². The summed E-state index contributed by atoms with van der Waals surface area (Å²) in [6.07, 6.45) is 8.06. The van der Waals surface area contributed by atoms with Crippen molar-refractivity contribution in [2.75, 3.05) is 20.0 Å². The van der Waals surface area contributed by atoms with Crippen molar-refractivity contribution in [3.8, 4) is 0 Å². The van der Waals surface area contributed by atoms with Crippen LogP contribution in [0.2, 0.25) is 0 Å². The zero-order chi connectivity index (χ0) is 13.5. The zero-order valence-corrected chi connectivity index (χ0v) is 11.5. The van der Waals surface area contributed by atoms with Crippen molar-refractivity contribution in [1.82, 2.24) is 0 Å². The Morgan fingerprint density at radius 3 is 2.11 bits per heavy atom. The first-order chi connectivity index (χ1) is 8.77. The normalized spacial score (nSPS) is 10.1. The van der Waals surface area contributed by atoms with Crippen LogP contribution in [-0.4, -0.2) is 26.5 Å². The summed E-state index contributed by atoms with van der Waals surface area (Å²) in [5, 5.41) is 0. The Bertz CT molecular complexity index is 204. The zero-order valence-electron chi connectivity index (χ0n) is 11.5. The van der Waals surface area contributed by atoms with E-state index in [2.05, 4.69) is 11.3 Å². The minimum absolute atomic E-state index is 0.312. The third kappa shape index (κ3) is 15.0. The molecule has 0 rings (SSSR count). The molecule has 0 atom stereocenters. The lowest BCUT2D eigenvalue weighted by atomic mass is 10.1. The maximum absolute atomic E-state index is 9.88. The highest BCUT2D eigenvalue weighted by atomic mass is 16.7. The van der Waals surface area contributed by atoms with Gasteiger partial charge in [-0.15, -0.1) is 0 Å². The van der Waals surface area contributed by atoms with Crippen LogP contribution in [0.15, 0.2) is 12.3 Å². The highest BCUT2D eigenvalue weighted by Crippen LogP contribution is 2.07. The number of ether oxygens (including phenoxy) is 3. The van der Waals surface area contributed by atoms with Crippen LogP contribution in [0, 0.1) is 0 Å². The molecule has 4 nitrogen and oxygen atoms in total. The Kier molecular flexibility index (Phi) is 13.2. The van der Waals surface area contributed by atoms with E-state index in [-0.39, 0.29) is 0 Å². The second-order valence-corrected chi connectivity index (χ2v) is 4.31. The van der Waals surface area contributed by atoms with E-state index in [1.54, 1.807) is 0 Å². The SMILES string of the molecule is C=C(C)OCOCCCCCCCCCOC=O. The summed E-state index contributed by atoms with van der Waals surface area (Å²) in [5.74, 6) is 0.688. The number of hydrogen-bond acceptors (Lipinski definition) is 4. The Labute approximate surface area is 110 Å². The molecule has 0 fully saturated rings. The molecule has 0 aromatic heterocycles. The third-order valence-corrected chi connectivity index (χ3v) is 2.51. The van der Waals surface area contributed by atoms with Gasteiger partial charge in [0.25, 0.3) is 6.47 Å². The fourth-order valence-electron chi connectivity index (χ4n) is 1.52. The Balaban J connectivity index is 2.94. The summed E-state index contributed by atoms with van der Waals surface area (Å²) in [4.78, 5) is 9.88. The second kappa shape index (κ2) is 14.0. The average Bonchev–Trinajstić information content (AvgIpc) is 2.34. The van der Waals surface area contributed by atoms with Gasteiger partial charge < -0.3 is 14.2 Å². The maximum Gasteiger partial charge on any atom is 0.293 e. The Hall–Kier alpha value is -1.03. The van der Waals surface area contributed by atoms with Crippen LogP contribution < -0.4 is 0 Å². The van der Waals surface area contributed by atoms with Gasteiger partial charge in [0.1, 0.15) is 0 Å². The van der Waals surface area contributed by atoms with E-state index < -0.39 is 0 Å². The molecule has 0 heterocycles. The minimum Gasteiger partial charge on any atom is -0.473 e. The van der Waals surface area contributed by atoms with Gasteiger partial charge in [0.05, 0.1) is 19.0 Å². The summed E-state index contributed by atoms with van der Waals surface area (Å²) < 4.78 is 15.0. The van der Waals surface area contributed by atoms with Gasteiger partial charge in [-0.05, 0) is 19.8 Å². The molecule has 0 aliphatic rings. The molecule has 0 aliphatic carbocycles. The van der Waals surface area contributed by atoms with E-state index in [0.29, 0.717) is 25.6 Å². The number of rotatable bonds is 14. The molecule has 0 amide bonds. The predicted octanol–water partition coefficient (Wildman–Crippen LogP) is 3.41. The van der Waals surface area contributed by atoms with Crippen molar-refractivity contribution in [3.05, 3.63) is 12.3 Å². The van der Waals surface area contributed by atoms with Gasteiger partial charge in [-0.1, -0.05) is 38.7 Å². The molecule has 0 spiro atoms. The van der Waals surface area contributed by atoms with Crippen molar-refractivity contribution in [2.24, 2.45) is 0 Å². The molecular weight excluding hydrogens is 232 g/mol. The van der Waals surface area contributed by atoms with E-state index in [9.17, 15) is 4.79 Å². The van der Waals surface area contributed by atoms with Crippen molar-refractivity contribution in [2.45, 2.75) is 51.9 Å². The third-order valence-electron chi connectivity index (χ3n) is 2.51. The first-order valence-electron chi connectivity index (χ1n) is 6.68. The highest BCUT2D eigenvalue weighted by molar-refractivity contribution is 5.36. The van der Waals surface area contributed by atoms with Crippen LogP contribution in [0.25, 0.3) is 0 Å². The minimum atomic E-state index is 0.312. The molecule has 18 heavy (non-hydrogen) atoms. The number of allylic oxidation sites excluding steroid dienone is 1. The van der Waals surface area contributed by atoms with E-state index in [0.717, 1.165) is 25.9 Å². The number of unbranched alkanes of at least 4 members (excludes halogenated alkanes) is 6. The van der Waals surface area contributed by atoms with Gasteiger partial charge in [0.15, 0.2) is 6.79 Å². The van der Waals surface area contributed by atoms with Crippen LogP contribution in [0.4, 0.5) is 0 Å². The monoisotopic (exact) mass is 258 g/mol. The molecule has 0 unspecified atom stereocenters. The summed E-state index contributed by atoms with van der Waals surface area (Å²) in [6.45, 7) is 7.56. The molecule has 0 aromatic rings. The van der Waals surface area contributed by atoms with Crippen LogP contribution in [0.5, 0.6) is 0 Å². The van der Waals surface area contributed by atoms with Crippen molar-refractivity contribution < 1.29 is 19.0 Å². The largest absolute Gasteiger partial charge is 0.473 e. The highest BCUT2D eigenvalue weighted by Gasteiger charge is 1.93. The first kappa shape index (κ1) is 17.0. The lowest BCUT2D eigenvalue weighted by Crippen LogP contribution is -1.99. The fraction of sp³-hybridized carbons (Fsp3) is 0.786.